The molecular formula is C9H15NO3S3. The van der Waals surface area contributed by atoms with Crippen molar-refractivity contribution in [1.29, 1.82) is 0 Å². The summed E-state index contributed by atoms with van der Waals surface area (Å²) < 4.78 is 12.6. The molecule has 1 aliphatic carbocycles. The first kappa shape index (κ1) is 13.0. The third-order valence-electron chi connectivity index (χ3n) is 3.43. The Morgan fingerprint density at radius 3 is 1.94 bits per heavy atom. The minimum absolute atomic E-state index is 0.203. The molecule has 0 N–H and O–H groups in total. The summed E-state index contributed by atoms with van der Waals surface area (Å²) in [4.78, 5) is 11.6. The van der Waals surface area contributed by atoms with Crippen LogP contribution in [0, 0.1) is 0 Å². The average molecular weight is 281 g/mol. The number of rotatable bonds is 2. The Hall–Kier alpha value is 0.600. The fourth-order valence-corrected chi connectivity index (χ4v) is 3.39. The van der Waals surface area contributed by atoms with Gasteiger partial charge in [-0.25, -0.2) is 0 Å². The zero-order chi connectivity index (χ0) is 11.8. The molecule has 1 aliphatic heterocycles. The van der Waals surface area contributed by atoms with Gasteiger partial charge in [-0.15, -0.1) is 12.6 Å². The highest BCUT2D eigenvalue weighted by Gasteiger charge is 2.50. The van der Waals surface area contributed by atoms with Crippen LogP contribution in [0.1, 0.15) is 25.7 Å². The third kappa shape index (κ3) is 2.13. The molecule has 1 spiro atoms. The molecule has 2 fully saturated rings. The Morgan fingerprint density at radius 2 is 1.56 bits per heavy atom. The van der Waals surface area contributed by atoms with Crippen LogP contribution in [0.2, 0.25) is 0 Å². The number of carbonyl (C=O) groups is 1. The van der Waals surface area contributed by atoms with E-state index >= 15 is 0 Å². The molecule has 0 unspecified atom stereocenters. The topological polar surface area (TPSA) is 38.8 Å². The molecule has 2 rings (SSSR count). The normalized spacial score (nSPS) is 27.5. The minimum atomic E-state index is -0.712. The van der Waals surface area contributed by atoms with E-state index in [4.69, 9.17) is 9.47 Å². The standard InChI is InChI=1S/C9H15NO3S3/c11-7(14)8(10(15)16)1-3-9(4-2-8)12-5-6-13-9/h15-16H,1-6H2,(H,11,14). The first-order valence-electron chi connectivity index (χ1n) is 5.20. The molecule has 0 radical (unpaired) electrons. The van der Waals surface area contributed by atoms with Crippen molar-refractivity contribution in [2.45, 2.75) is 37.0 Å². The smallest absolute Gasteiger partial charge is 0.208 e. The van der Waals surface area contributed by atoms with Crippen LogP contribution in [0.15, 0.2) is 0 Å². The zero-order valence-electron chi connectivity index (χ0n) is 8.76. The van der Waals surface area contributed by atoms with Gasteiger partial charge in [0.2, 0.25) is 5.12 Å². The Kier molecular flexibility index (Phi) is 3.83. The van der Waals surface area contributed by atoms with Crippen molar-refractivity contribution >= 4 is 43.4 Å². The Labute approximate surface area is 112 Å². The molecule has 4 nitrogen and oxygen atoms in total. The Balaban J connectivity index is 2.09. The summed E-state index contributed by atoms with van der Waals surface area (Å²) in [6, 6.07) is 0. The second kappa shape index (κ2) is 4.70. The minimum Gasteiger partial charge on any atom is -0.348 e. The number of hydrogen-bond donors (Lipinski definition) is 3. The van der Waals surface area contributed by atoms with Gasteiger partial charge in [-0.2, -0.15) is 3.71 Å². The highest BCUT2D eigenvalue weighted by atomic mass is 32.2. The van der Waals surface area contributed by atoms with E-state index in [0.717, 1.165) is 0 Å². The van der Waals surface area contributed by atoms with Crippen LogP contribution in [-0.4, -0.2) is 33.4 Å². The average Bonchev–Trinajstić information content (AvgIpc) is 2.67. The van der Waals surface area contributed by atoms with Crippen LogP contribution >= 0.6 is 38.3 Å². The van der Waals surface area contributed by atoms with Gasteiger partial charge in [-0.1, -0.05) is 25.6 Å². The van der Waals surface area contributed by atoms with Crippen molar-refractivity contribution < 1.29 is 14.3 Å². The number of hydrogen-bond acceptors (Lipinski definition) is 6. The van der Waals surface area contributed by atoms with Gasteiger partial charge in [0.1, 0.15) is 5.54 Å². The SMILES string of the molecule is O=C(S)C1(N(S)S)CCC2(CC1)OCCO2. The molecule has 92 valence electrons. The highest BCUT2D eigenvalue weighted by Crippen LogP contribution is 2.44. The first-order chi connectivity index (χ1) is 7.51. The molecule has 1 heterocycles. The molecule has 0 atom stereocenters. The molecule has 2 aliphatic rings. The number of ether oxygens (including phenoxy) is 2. The molecular weight excluding hydrogens is 266 g/mol. The maximum Gasteiger partial charge on any atom is 0.208 e. The molecule has 0 aromatic heterocycles. The van der Waals surface area contributed by atoms with E-state index in [1.807, 2.05) is 0 Å². The summed E-state index contributed by atoms with van der Waals surface area (Å²) in [6.07, 6.45) is 2.55. The van der Waals surface area contributed by atoms with Crippen molar-refractivity contribution in [2.24, 2.45) is 0 Å². The molecule has 0 amide bonds. The van der Waals surface area contributed by atoms with E-state index in [2.05, 4.69) is 38.3 Å². The van der Waals surface area contributed by atoms with Gasteiger partial charge in [-0.3, -0.25) is 4.79 Å². The van der Waals surface area contributed by atoms with E-state index < -0.39 is 11.3 Å². The third-order valence-corrected chi connectivity index (χ3v) is 4.62. The molecule has 0 aromatic rings. The van der Waals surface area contributed by atoms with E-state index in [0.29, 0.717) is 38.9 Å². The van der Waals surface area contributed by atoms with Crippen molar-refractivity contribution in [1.82, 2.24) is 3.71 Å². The lowest BCUT2D eigenvalue weighted by molar-refractivity contribution is -0.187. The lowest BCUT2D eigenvalue weighted by Gasteiger charge is -2.43. The van der Waals surface area contributed by atoms with Gasteiger partial charge >= 0.3 is 0 Å². The summed E-state index contributed by atoms with van der Waals surface area (Å²) in [5.74, 6) is -0.482. The van der Waals surface area contributed by atoms with Crippen LogP contribution in [0.3, 0.4) is 0 Å². The molecule has 0 bridgehead atoms. The molecule has 7 heteroatoms. The van der Waals surface area contributed by atoms with Crippen LogP contribution < -0.4 is 0 Å². The van der Waals surface area contributed by atoms with Crippen molar-refractivity contribution in [3.8, 4) is 0 Å². The summed E-state index contributed by atoms with van der Waals surface area (Å²) in [7, 11) is 0. The molecule has 1 saturated carbocycles. The van der Waals surface area contributed by atoms with Crippen LogP contribution in [0.25, 0.3) is 0 Å². The van der Waals surface area contributed by atoms with Gasteiger partial charge in [0.25, 0.3) is 0 Å². The fourth-order valence-electron chi connectivity index (χ4n) is 2.33. The van der Waals surface area contributed by atoms with Crippen LogP contribution in [0.5, 0.6) is 0 Å². The second-order valence-corrected chi connectivity index (χ2v) is 5.76. The number of thiol groups is 3. The Bertz CT molecular complexity index is 282. The lowest BCUT2D eigenvalue weighted by atomic mass is 9.80. The highest BCUT2D eigenvalue weighted by molar-refractivity contribution is 7.97. The molecule has 0 aromatic carbocycles. The predicted octanol–water partition coefficient (Wildman–Crippen LogP) is 1.49. The van der Waals surface area contributed by atoms with Gasteiger partial charge in [0.15, 0.2) is 5.79 Å². The molecule has 1 saturated heterocycles. The van der Waals surface area contributed by atoms with Gasteiger partial charge < -0.3 is 9.47 Å². The quantitative estimate of drug-likeness (QED) is 0.671. The second-order valence-electron chi connectivity index (χ2n) is 4.23. The maximum atomic E-state index is 11.6. The zero-order valence-corrected chi connectivity index (χ0v) is 11.4. The van der Waals surface area contributed by atoms with Crippen molar-refractivity contribution in [3.63, 3.8) is 0 Å². The van der Waals surface area contributed by atoms with Crippen LogP contribution in [-0.2, 0) is 14.3 Å². The van der Waals surface area contributed by atoms with Crippen molar-refractivity contribution in [3.05, 3.63) is 0 Å². The van der Waals surface area contributed by atoms with Gasteiger partial charge in [-0.05, 0) is 12.8 Å². The summed E-state index contributed by atoms with van der Waals surface area (Å²) in [6.45, 7) is 1.26. The van der Waals surface area contributed by atoms with E-state index in [-0.39, 0.29) is 5.12 Å². The fraction of sp³-hybridized carbons (Fsp3) is 0.889. The van der Waals surface area contributed by atoms with E-state index in [1.165, 1.54) is 3.71 Å². The number of nitrogens with zero attached hydrogens (tertiary/aromatic N) is 1. The van der Waals surface area contributed by atoms with Gasteiger partial charge in [0, 0.05) is 12.8 Å². The molecule has 16 heavy (non-hydrogen) atoms. The number of carbonyl (C=O) groups excluding carboxylic acids is 1. The lowest BCUT2D eigenvalue weighted by Crippen LogP contribution is -2.52. The summed E-state index contributed by atoms with van der Waals surface area (Å²) >= 11 is 12.2. The van der Waals surface area contributed by atoms with E-state index in [1.54, 1.807) is 0 Å². The summed E-state index contributed by atoms with van der Waals surface area (Å²) in [5.41, 5.74) is -0.712. The summed E-state index contributed by atoms with van der Waals surface area (Å²) in [5, 5.41) is -0.203. The maximum absolute atomic E-state index is 11.6. The van der Waals surface area contributed by atoms with E-state index in [9.17, 15) is 4.79 Å². The first-order valence-corrected chi connectivity index (χ1v) is 6.45. The van der Waals surface area contributed by atoms with Gasteiger partial charge in [0.05, 0.1) is 13.2 Å². The van der Waals surface area contributed by atoms with Crippen molar-refractivity contribution in [2.75, 3.05) is 13.2 Å². The largest absolute Gasteiger partial charge is 0.348 e. The Morgan fingerprint density at radius 1 is 1.06 bits per heavy atom. The van der Waals surface area contributed by atoms with Crippen LogP contribution in [0.4, 0.5) is 0 Å². The predicted molar refractivity (Wildman–Crippen MR) is 69.6 cm³/mol. The monoisotopic (exact) mass is 281 g/mol.